The highest BCUT2D eigenvalue weighted by Crippen LogP contribution is 2.34. The lowest BCUT2D eigenvalue weighted by molar-refractivity contribution is -0.112. The van der Waals surface area contributed by atoms with Gasteiger partial charge in [0.05, 0.1) is 6.61 Å². The Morgan fingerprint density at radius 2 is 1.57 bits per heavy atom. The molecule has 0 saturated carbocycles. The van der Waals surface area contributed by atoms with E-state index >= 15 is 0 Å². The van der Waals surface area contributed by atoms with Crippen LogP contribution in [0.5, 0.6) is 11.5 Å². The van der Waals surface area contributed by atoms with E-state index in [-0.39, 0.29) is 5.91 Å². The van der Waals surface area contributed by atoms with Gasteiger partial charge in [-0.15, -0.1) is 10.2 Å². The van der Waals surface area contributed by atoms with E-state index in [0.29, 0.717) is 49.5 Å². The molecule has 0 spiro atoms. The van der Waals surface area contributed by atoms with Gasteiger partial charge in [-0.3, -0.25) is 4.79 Å². The molecule has 1 aromatic heterocycles. The van der Waals surface area contributed by atoms with Crippen molar-refractivity contribution in [1.82, 2.24) is 14.8 Å². The largest absolute Gasteiger partial charge is 0.491 e. The molecule has 49 heavy (non-hydrogen) atoms. The van der Waals surface area contributed by atoms with E-state index < -0.39 is 0 Å². The van der Waals surface area contributed by atoms with Crippen molar-refractivity contribution in [3.63, 3.8) is 0 Å². The molecule has 9 nitrogen and oxygen atoms in total. The molecule has 4 aromatic rings. The summed E-state index contributed by atoms with van der Waals surface area (Å²) in [6.07, 6.45) is 6.64. The number of rotatable bonds is 17. The smallest absolute Gasteiger partial charge is 0.251 e. The van der Waals surface area contributed by atoms with Gasteiger partial charge < -0.3 is 29.0 Å². The van der Waals surface area contributed by atoms with Crippen LogP contribution in [-0.2, 0) is 22.7 Å². The Morgan fingerprint density at radius 1 is 0.857 bits per heavy atom. The molecule has 1 aliphatic rings. The maximum atomic E-state index is 13.6. The van der Waals surface area contributed by atoms with Crippen LogP contribution in [0.4, 0.5) is 11.4 Å². The standard InChI is InChI=1S/C40H51N5O4/c1-6-7-20-47-21-22-48-36-13-8-31(9-14-36)32-10-17-38-34(23-32)24-33(18-19-44(38)25-29(2)3)40(46)42-35-11-15-37(16-12-35)49-27-39-43-41-28-45(39)26-30(4)5/h8-17,23-24,28-30H,6-7,18-22,25-27H2,1-5H3,(H,42,46). The number of carbonyl (C=O) groups is 1. The van der Waals surface area contributed by atoms with E-state index in [9.17, 15) is 4.79 Å². The molecule has 2 heterocycles. The van der Waals surface area contributed by atoms with Crippen LogP contribution < -0.4 is 19.7 Å². The zero-order valence-corrected chi connectivity index (χ0v) is 29.7. The Balaban J connectivity index is 1.25. The predicted octanol–water partition coefficient (Wildman–Crippen LogP) is 8.26. The number of fused-ring (bicyclic) bond motifs is 1. The van der Waals surface area contributed by atoms with E-state index in [1.54, 1.807) is 6.33 Å². The number of ether oxygens (including phenoxy) is 3. The van der Waals surface area contributed by atoms with Crippen LogP contribution in [0.1, 0.15) is 65.3 Å². The maximum Gasteiger partial charge on any atom is 0.251 e. The lowest BCUT2D eigenvalue weighted by Gasteiger charge is -2.27. The van der Waals surface area contributed by atoms with Gasteiger partial charge in [0.25, 0.3) is 5.91 Å². The molecule has 0 atom stereocenters. The summed E-state index contributed by atoms with van der Waals surface area (Å²) in [4.78, 5) is 16.0. The monoisotopic (exact) mass is 665 g/mol. The number of carbonyl (C=O) groups excluding carboxylic acids is 1. The number of nitrogens with one attached hydrogen (secondary N) is 1. The number of hydrogen-bond donors (Lipinski definition) is 1. The maximum absolute atomic E-state index is 13.6. The highest BCUT2D eigenvalue weighted by Gasteiger charge is 2.21. The number of benzene rings is 3. The fourth-order valence-electron chi connectivity index (χ4n) is 5.82. The highest BCUT2D eigenvalue weighted by molar-refractivity contribution is 6.07. The third-order valence-corrected chi connectivity index (χ3v) is 8.29. The molecule has 5 rings (SSSR count). The van der Waals surface area contributed by atoms with Crippen LogP contribution in [0.3, 0.4) is 0 Å². The molecule has 1 amide bonds. The molecule has 0 saturated heterocycles. The van der Waals surface area contributed by atoms with E-state index in [4.69, 9.17) is 14.2 Å². The number of hydrogen-bond acceptors (Lipinski definition) is 7. The van der Waals surface area contributed by atoms with E-state index in [1.807, 2.05) is 41.0 Å². The molecule has 0 fully saturated rings. The quantitative estimate of drug-likeness (QED) is 0.114. The van der Waals surface area contributed by atoms with Crippen LogP contribution in [-0.4, -0.2) is 53.6 Å². The van der Waals surface area contributed by atoms with Gasteiger partial charge in [-0.25, -0.2) is 0 Å². The van der Waals surface area contributed by atoms with Crippen molar-refractivity contribution in [2.75, 3.05) is 43.1 Å². The fraction of sp³-hybridized carbons (Fsp3) is 0.425. The summed E-state index contributed by atoms with van der Waals surface area (Å²) in [5, 5.41) is 11.3. The van der Waals surface area contributed by atoms with Crippen molar-refractivity contribution >= 4 is 23.4 Å². The minimum absolute atomic E-state index is 0.0987. The molecule has 9 heteroatoms. The summed E-state index contributed by atoms with van der Waals surface area (Å²) in [5.74, 6) is 3.18. The van der Waals surface area contributed by atoms with Crippen LogP contribution in [0.2, 0.25) is 0 Å². The van der Waals surface area contributed by atoms with Gasteiger partial charge in [-0.1, -0.05) is 59.2 Å². The second-order valence-corrected chi connectivity index (χ2v) is 13.4. The first-order chi connectivity index (χ1) is 23.8. The summed E-state index contributed by atoms with van der Waals surface area (Å²) in [6.45, 7) is 15.7. The first-order valence-corrected chi connectivity index (χ1v) is 17.6. The molecule has 0 radical (unpaired) electrons. The average Bonchev–Trinajstić information content (AvgIpc) is 3.44. The van der Waals surface area contributed by atoms with E-state index in [1.165, 1.54) is 0 Å². The van der Waals surface area contributed by atoms with Crippen molar-refractivity contribution in [3.05, 3.63) is 90.0 Å². The van der Waals surface area contributed by atoms with Crippen molar-refractivity contribution in [2.45, 2.75) is 67.0 Å². The first-order valence-electron chi connectivity index (χ1n) is 17.6. The molecule has 0 bridgehead atoms. The van der Waals surface area contributed by atoms with Crippen molar-refractivity contribution in [3.8, 4) is 22.6 Å². The third-order valence-electron chi connectivity index (χ3n) is 8.29. The molecule has 260 valence electrons. The van der Waals surface area contributed by atoms with Gasteiger partial charge in [0, 0.05) is 43.2 Å². The first kappa shape index (κ1) is 35.7. The normalized spacial score (nSPS) is 12.9. The summed E-state index contributed by atoms with van der Waals surface area (Å²) in [5.41, 5.74) is 5.84. The SMILES string of the molecule is CCCCOCCOc1ccc(-c2ccc3c(c2)C=C(C(=O)Nc2ccc(OCc4nncn4CC(C)C)cc2)CCN3CC(C)C)cc1. The van der Waals surface area contributed by atoms with Crippen LogP contribution >= 0.6 is 0 Å². The predicted molar refractivity (Wildman–Crippen MR) is 197 cm³/mol. The lowest BCUT2D eigenvalue weighted by atomic mass is 10.00. The second-order valence-electron chi connectivity index (χ2n) is 13.4. The summed E-state index contributed by atoms with van der Waals surface area (Å²) in [7, 11) is 0. The molecule has 0 unspecified atom stereocenters. The molecule has 0 aliphatic carbocycles. The zero-order chi connectivity index (χ0) is 34.6. The topological polar surface area (TPSA) is 90.7 Å². The Bertz CT molecular complexity index is 1660. The molecule has 1 aliphatic heterocycles. The van der Waals surface area contributed by atoms with Crippen molar-refractivity contribution in [2.24, 2.45) is 11.8 Å². The number of amides is 1. The number of anilines is 2. The van der Waals surface area contributed by atoms with Gasteiger partial charge in [0.2, 0.25) is 0 Å². The van der Waals surface area contributed by atoms with Crippen molar-refractivity contribution in [1.29, 1.82) is 0 Å². The molecular weight excluding hydrogens is 614 g/mol. The van der Waals surface area contributed by atoms with E-state index in [2.05, 4.69) is 91.4 Å². The average molecular weight is 666 g/mol. The number of nitrogens with zero attached hydrogens (tertiary/aromatic N) is 4. The zero-order valence-electron chi connectivity index (χ0n) is 29.7. The molecule has 1 N–H and O–H groups in total. The molecular formula is C40H51N5O4. The van der Waals surface area contributed by atoms with Crippen molar-refractivity contribution < 1.29 is 19.0 Å². The van der Waals surface area contributed by atoms with E-state index in [0.717, 1.165) is 78.6 Å². The van der Waals surface area contributed by atoms with Gasteiger partial charge in [0.1, 0.15) is 31.0 Å². The molecule has 3 aromatic carbocycles. The number of unbranched alkanes of at least 4 members (excludes halogenated alkanes) is 1. The highest BCUT2D eigenvalue weighted by atomic mass is 16.5. The van der Waals surface area contributed by atoms with Gasteiger partial charge in [-0.2, -0.15) is 0 Å². The van der Waals surface area contributed by atoms with Gasteiger partial charge >= 0.3 is 0 Å². The summed E-state index contributed by atoms with van der Waals surface area (Å²) < 4.78 is 19.5. The summed E-state index contributed by atoms with van der Waals surface area (Å²) >= 11 is 0. The number of aromatic nitrogens is 3. The third kappa shape index (κ3) is 10.4. The Labute approximate surface area is 291 Å². The second kappa shape index (κ2) is 17.7. The lowest BCUT2D eigenvalue weighted by Crippen LogP contribution is -2.29. The van der Waals surface area contributed by atoms with Gasteiger partial charge in [-0.05, 0) is 96.0 Å². The Hall–Kier alpha value is -4.63. The fourth-order valence-corrected chi connectivity index (χ4v) is 5.82. The van der Waals surface area contributed by atoms with Crippen LogP contribution in [0.15, 0.2) is 78.6 Å². The summed E-state index contributed by atoms with van der Waals surface area (Å²) in [6, 6.07) is 22.2. The Morgan fingerprint density at radius 3 is 2.31 bits per heavy atom. The van der Waals surface area contributed by atoms with Gasteiger partial charge in [0.15, 0.2) is 5.82 Å². The Kier molecular flexibility index (Phi) is 12.9. The minimum atomic E-state index is -0.0987. The van der Waals surface area contributed by atoms with Crippen LogP contribution in [0, 0.1) is 11.8 Å². The van der Waals surface area contributed by atoms with Crippen LogP contribution in [0.25, 0.3) is 17.2 Å². The minimum Gasteiger partial charge on any atom is -0.491 e.